The maximum absolute atomic E-state index is 10.7. The molecule has 1 aliphatic heterocycles. The molecular formula is C20H20BrNOS. The zero-order valence-corrected chi connectivity index (χ0v) is 15.8. The average Bonchev–Trinajstić information content (AvgIpc) is 3.12. The number of aromatic hydroxyl groups is 1. The molecule has 1 N–H and O–H groups in total. The Morgan fingerprint density at radius 3 is 2.62 bits per heavy atom. The topological polar surface area (TPSA) is 23.5 Å². The zero-order valence-electron chi connectivity index (χ0n) is 13.4. The van der Waals surface area contributed by atoms with Gasteiger partial charge in [0.15, 0.2) is 0 Å². The highest BCUT2D eigenvalue weighted by Gasteiger charge is 2.28. The number of phenols is 1. The van der Waals surface area contributed by atoms with Crippen molar-refractivity contribution in [2.45, 2.75) is 25.3 Å². The van der Waals surface area contributed by atoms with E-state index in [9.17, 15) is 5.11 Å². The summed E-state index contributed by atoms with van der Waals surface area (Å²) in [5, 5.41) is 15.2. The summed E-state index contributed by atoms with van der Waals surface area (Å²) in [4.78, 5) is 3.84. The highest BCUT2D eigenvalue weighted by Crippen LogP contribution is 2.42. The Kier molecular flexibility index (Phi) is 4.61. The number of piperidine rings is 1. The second-order valence-electron chi connectivity index (χ2n) is 6.38. The minimum absolute atomic E-state index is 0.134. The van der Waals surface area contributed by atoms with Crippen LogP contribution in [0, 0.1) is 0 Å². The highest BCUT2D eigenvalue weighted by atomic mass is 79.9. The maximum atomic E-state index is 10.7. The first kappa shape index (κ1) is 16.1. The standard InChI is InChI=1S/C20H20BrNOS/c21-15-7-8-16-14(13-15)6-9-17(23)19(16)20(18-5-4-12-24-18)22-10-2-1-3-11-22/h4-9,12-13,20,23H,1-3,10-11H2. The van der Waals surface area contributed by atoms with Gasteiger partial charge in [-0.25, -0.2) is 0 Å². The van der Waals surface area contributed by atoms with Crippen LogP contribution in [0.4, 0.5) is 0 Å². The Labute approximate surface area is 154 Å². The van der Waals surface area contributed by atoms with Gasteiger partial charge in [0, 0.05) is 14.9 Å². The third-order valence-corrected chi connectivity index (χ3v) is 6.26. The molecule has 0 aliphatic carbocycles. The highest BCUT2D eigenvalue weighted by molar-refractivity contribution is 9.10. The molecule has 0 saturated carbocycles. The van der Waals surface area contributed by atoms with Crippen LogP contribution in [0.25, 0.3) is 10.8 Å². The van der Waals surface area contributed by atoms with Gasteiger partial charge in [-0.05, 0) is 66.3 Å². The lowest BCUT2D eigenvalue weighted by atomic mass is 9.94. The van der Waals surface area contributed by atoms with Crippen molar-refractivity contribution in [3.8, 4) is 5.75 Å². The van der Waals surface area contributed by atoms with E-state index in [4.69, 9.17) is 0 Å². The summed E-state index contributed by atoms with van der Waals surface area (Å²) in [6.45, 7) is 2.18. The van der Waals surface area contributed by atoms with Crippen molar-refractivity contribution >= 4 is 38.0 Å². The van der Waals surface area contributed by atoms with Crippen LogP contribution in [0.5, 0.6) is 5.75 Å². The van der Waals surface area contributed by atoms with E-state index < -0.39 is 0 Å². The number of benzene rings is 2. The smallest absolute Gasteiger partial charge is 0.121 e. The van der Waals surface area contributed by atoms with Crippen molar-refractivity contribution in [3.05, 3.63) is 62.8 Å². The van der Waals surface area contributed by atoms with Gasteiger partial charge in [0.2, 0.25) is 0 Å². The number of hydrogen-bond donors (Lipinski definition) is 1. The maximum Gasteiger partial charge on any atom is 0.121 e. The molecule has 1 fully saturated rings. The second kappa shape index (κ2) is 6.87. The van der Waals surface area contributed by atoms with Crippen LogP contribution in [-0.4, -0.2) is 23.1 Å². The van der Waals surface area contributed by atoms with E-state index >= 15 is 0 Å². The van der Waals surface area contributed by atoms with Gasteiger partial charge < -0.3 is 5.11 Å². The molecule has 2 aromatic carbocycles. The third kappa shape index (κ3) is 2.99. The predicted molar refractivity (Wildman–Crippen MR) is 105 cm³/mol. The Hall–Kier alpha value is -1.36. The van der Waals surface area contributed by atoms with Crippen LogP contribution in [0.3, 0.4) is 0 Å². The van der Waals surface area contributed by atoms with Crippen LogP contribution in [0.2, 0.25) is 0 Å². The summed E-state index contributed by atoms with van der Waals surface area (Å²) in [7, 11) is 0. The fourth-order valence-corrected chi connectivity index (χ4v) is 4.97. The summed E-state index contributed by atoms with van der Waals surface area (Å²) in [6.07, 6.45) is 3.78. The summed E-state index contributed by atoms with van der Waals surface area (Å²) in [5.74, 6) is 0.397. The number of halogens is 1. The summed E-state index contributed by atoms with van der Waals surface area (Å²) in [5.41, 5.74) is 1.05. The van der Waals surface area contributed by atoms with Gasteiger partial charge >= 0.3 is 0 Å². The normalized spacial score (nSPS) is 17.2. The van der Waals surface area contributed by atoms with E-state index in [0.717, 1.165) is 33.9 Å². The van der Waals surface area contributed by atoms with E-state index in [1.165, 1.54) is 24.1 Å². The SMILES string of the molecule is Oc1ccc2cc(Br)ccc2c1C(c1cccs1)N1CCCCC1. The molecule has 1 atom stereocenters. The molecule has 1 aliphatic rings. The van der Waals surface area contributed by atoms with Crippen molar-refractivity contribution < 1.29 is 5.11 Å². The van der Waals surface area contributed by atoms with Crippen molar-refractivity contribution in [2.24, 2.45) is 0 Å². The van der Waals surface area contributed by atoms with E-state index in [0.29, 0.717) is 5.75 Å². The lowest BCUT2D eigenvalue weighted by molar-refractivity contribution is 0.188. The quantitative estimate of drug-likeness (QED) is 0.586. The van der Waals surface area contributed by atoms with Gasteiger partial charge in [-0.3, -0.25) is 4.90 Å². The van der Waals surface area contributed by atoms with E-state index in [1.54, 1.807) is 11.3 Å². The molecule has 4 rings (SSSR count). The molecule has 2 heterocycles. The van der Waals surface area contributed by atoms with E-state index in [1.807, 2.05) is 12.1 Å². The summed E-state index contributed by atoms with van der Waals surface area (Å²) < 4.78 is 1.07. The Balaban J connectivity index is 1.91. The Bertz CT molecular complexity index is 840. The molecule has 24 heavy (non-hydrogen) atoms. The molecular weight excluding hydrogens is 382 g/mol. The lowest BCUT2D eigenvalue weighted by Gasteiger charge is -2.35. The summed E-state index contributed by atoms with van der Waals surface area (Å²) >= 11 is 5.33. The van der Waals surface area contributed by atoms with E-state index in [-0.39, 0.29) is 6.04 Å². The molecule has 0 amide bonds. The van der Waals surface area contributed by atoms with Gasteiger partial charge in [-0.1, -0.05) is 40.5 Å². The average molecular weight is 402 g/mol. The molecule has 1 unspecified atom stereocenters. The van der Waals surface area contributed by atoms with Gasteiger partial charge in [0.25, 0.3) is 0 Å². The van der Waals surface area contributed by atoms with Crippen LogP contribution in [0.15, 0.2) is 52.3 Å². The first-order valence-corrected chi connectivity index (χ1v) is 10.1. The third-order valence-electron chi connectivity index (χ3n) is 4.84. The molecule has 124 valence electrons. The zero-order chi connectivity index (χ0) is 16.5. The number of hydrogen-bond acceptors (Lipinski definition) is 3. The Morgan fingerprint density at radius 1 is 1.04 bits per heavy atom. The number of likely N-dealkylation sites (tertiary alicyclic amines) is 1. The number of fused-ring (bicyclic) bond motifs is 1. The predicted octanol–water partition coefficient (Wildman–Crippen LogP) is 5.94. The van der Waals surface area contributed by atoms with Crippen molar-refractivity contribution in [1.29, 1.82) is 0 Å². The lowest BCUT2D eigenvalue weighted by Crippen LogP contribution is -2.34. The largest absolute Gasteiger partial charge is 0.508 e. The van der Waals surface area contributed by atoms with Crippen LogP contribution < -0.4 is 0 Å². The molecule has 3 aromatic rings. The fraction of sp³-hybridized carbons (Fsp3) is 0.300. The van der Waals surface area contributed by atoms with Crippen molar-refractivity contribution in [2.75, 3.05) is 13.1 Å². The van der Waals surface area contributed by atoms with Crippen LogP contribution in [-0.2, 0) is 0 Å². The van der Waals surface area contributed by atoms with Crippen LogP contribution >= 0.6 is 27.3 Å². The molecule has 0 spiro atoms. The minimum Gasteiger partial charge on any atom is -0.508 e. The molecule has 1 aromatic heterocycles. The molecule has 4 heteroatoms. The van der Waals surface area contributed by atoms with Crippen molar-refractivity contribution in [3.63, 3.8) is 0 Å². The van der Waals surface area contributed by atoms with Gasteiger partial charge in [-0.2, -0.15) is 0 Å². The fourth-order valence-electron chi connectivity index (χ4n) is 3.73. The van der Waals surface area contributed by atoms with Gasteiger partial charge in [0.05, 0.1) is 6.04 Å². The number of rotatable bonds is 3. The van der Waals surface area contributed by atoms with Gasteiger partial charge in [0.1, 0.15) is 5.75 Å². The number of nitrogens with zero attached hydrogens (tertiary/aromatic N) is 1. The summed E-state index contributed by atoms with van der Waals surface area (Å²) in [6, 6.07) is 14.6. The molecule has 2 nitrogen and oxygen atoms in total. The minimum atomic E-state index is 0.134. The number of thiophene rings is 1. The molecule has 1 saturated heterocycles. The Morgan fingerprint density at radius 2 is 1.88 bits per heavy atom. The van der Waals surface area contributed by atoms with Gasteiger partial charge in [-0.15, -0.1) is 11.3 Å². The molecule has 0 radical (unpaired) electrons. The first-order chi connectivity index (χ1) is 11.7. The molecule has 0 bridgehead atoms. The monoisotopic (exact) mass is 401 g/mol. The number of phenolic OH excluding ortho intramolecular Hbond substituents is 1. The van der Waals surface area contributed by atoms with Crippen molar-refractivity contribution in [1.82, 2.24) is 4.90 Å². The van der Waals surface area contributed by atoms with E-state index in [2.05, 4.69) is 56.5 Å². The second-order valence-corrected chi connectivity index (χ2v) is 8.27. The van der Waals surface area contributed by atoms with Crippen LogP contribution in [0.1, 0.15) is 35.7 Å². The first-order valence-electron chi connectivity index (χ1n) is 8.42.